The second kappa shape index (κ2) is 8.51. The predicted octanol–water partition coefficient (Wildman–Crippen LogP) is 10.7. The fourth-order valence-electron chi connectivity index (χ4n) is 6.55. The van der Waals surface area contributed by atoms with Crippen LogP contribution in [0.5, 0.6) is 0 Å². The van der Waals surface area contributed by atoms with Gasteiger partial charge in [0.05, 0.1) is 17.9 Å². The zero-order valence-corrected chi connectivity index (χ0v) is 23.2. The standard InChI is InChI=1S/C38H21N3OS/c1-2-12-22(13-3-1)33-36-34(26-17-7-10-20-29(26)42-36)40-38(39-33)41-28-19-9-6-16-25(28)32-35(41)24-15-5-4-14-23(24)31-27-18-8-11-21-30(27)43-37(31)32/h1-21H/i1D,2D,3D,12D,13D. The zero-order chi connectivity index (χ0) is 32.4. The second-order valence-corrected chi connectivity index (χ2v) is 11.6. The van der Waals surface area contributed by atoms with Crippen molar-refractivity contribution in [2.75, 3.05) is 0 Å². The van der Waals surface area contributed by atoms with E-state index >= 15 is 0 Å². The van der Waals surface area contributed by atoms with Gasteiger partial charge in [0, 0.05) is 47.3 Å². The van der Waals surface area contributed by atoms with Crippen molar-refractivity contribution in [3.05, 3.63) is 127 Å². The van der Waals surface area contributed by atoms with Gasteiger partial charge in [-0.1, -0.05) is 103 Å². The molecule has 0 saturated heterocycles. The fourth-order valence-corrected chi connectivity index (χ4v) is 7.82. The lowest BCUT2D eigenvalue weighted by Crippen LogP contribution is -2.03. The lowest BCUT2D eigenvalue weighted by Gasteiger charge is -2.11. The smallest absolute Gasteiger partial charge is 0.236 e. The Morgan fingerprint density at radius 1 is 0.651 bits per heavy atom. The molecule has 0 amide bonds. The van der Waals surface area contributed by atoms with E-state index in [0.29, 0.717) is 17.0 Å². The maximum atomic E-state index is 8.86. The fraction of sp³-hybridized carbons (Fsp3) is 0. The van der Waals surface area contributed by atoms with Gasteiger partial charge in [0.15, 0.2) is 5.58 Å². The maximum Gasteiger partial charge on any atom is 0.236 e. The quantitative estimate of drug-likeness (QED) is 0.207. The molecular weight excluding hydrogens is 547 g/mol. The summed E-state index contributed by atoms with van der Waals surface area (Å²) in [6, 6.07) is 30.5. The van der Waals surface area contributed by atoms with Crippen LogP contribution in [0.2, 0.25) is 0 Å². The minimum absolute atomic E-state index is 0.0359. The van der Waals surface area contributed by atoms with Gasteiger partial charge in [0.25, 0.3) is 0 Å². The Labute approximate surface area is 256 Å². The van der Waals surface area contributed by atoms with E-state index in [9.17, 15) is 0 Å². The number of rotatable bonds is 2. The maximum absolute atomic E-state index is 8.86. The van der Waals surface area contributed by atoms with E-state index in [1.54, 1.807) is 11.3 Å². The van der Waals surface area contributed by atoms with Crippen molar-refractivity contribution in [1.82, 2.24) is 14.5 Å². The second-order valence-electron chi connectivity index (χ2n) is 10.6. The molecule has 0 aliphatic carbocycles. The van der Waals surface area contributed by atoms with Crippen LogP contribution in [0.25, 0.3) is 92.0 Å². The topological polar surface area (TPSA) is 43.9 Å². The zero-order valence-electron chi connectivity index (χ0n) is 27.4. The van der Waals surface area contributed by atoms with Crippen LogP contribution in [0.15, 0.2) is 132 Å². The number of hydrogen-bond donors (Lipinski definition) is 0. The first-order chi connectivity index (χ1) is 23.4. The van der Waals surface area contributed by atoms with E-state index in [1.807, 2.05) is 42.5 Å². The molecule has 4 nitrogen and oxygen atoms in total. The summed E-state index contributed by atoms with van der Waals surface area (Å²) in [5.74, 6) is 0.313. The van der Waals surface area contributed by atoms with E-state index < -0.39 is 18.1 Å². The molecule has 0 bridgehead atoms. The molecule has 0 aliphatic rings. The van der Waals surface area contributed by atoms with Crippen LogP contribution in [-0.2, 0) is 0 Å². The number of nitrogens with zero attached hydrogens (tertiary/aromatic N) is 3. The first-order valence-corrected chi connectivity index (χ1v) is 14.8. The summed E-state index contributed by atoms with van der Waals surface area (Å²) in [4.78, 5) is 10.2. The van der Waals surface area contributed by atoms with Crippen molar-refractivity contribution in [2.45, 2.75) is 0 Å². The lowest BCUT2D eigenvalue weighted by atomic mass is 10.00. The van der Waals surface area contributed by atoms with Crippen molar-refractivity contribution in [2.24, 2.45) is 0 Å². The number of para-hydroxylation sites is 2. The Morgan fingerprint density at radius 2 is 1.35 bits per heavy atom. The van der Waals surface area contributed by atoms with Gasteiger partial charge in [-0.25, -0.2) is 9.97 Å². The SMILES string of the molecule is [2H]c1c([2H])c([2H])c(-c2nc(-n3c4ccccc4c4c5sc6ccccc6c5c5ccccc5c43)nc3c2oc2ccccc23)c([2H])c1[2H]. The molecule has 4 heterocycles. The summed E-state index contributed by atoms with van der Waals surface area (Å²) in [7, 11) is 0. The van der Waals surface area contributed by atoms with E-state index in [2.05, 4.69) is 59.2 Å². The third-order valence-corrected chi connectivity index (χ3v) is 9.48. The van der Waals surface area contributed by atoms with Gasteiger partial charge in [0.2, 0.25) is 5.95 Å². The molecule has 0 radical (unpaired) electrons. The Morgan fingerprint density at radius 3 is 2.21 bits per heavy atom. The predicted molar refractivity (Wildman–Crippen MR) is 179 cm³/mol. The molecule has 0 unspecified atom stereocenters. The molecule has 43 heavy (non-hydrogen) atoms. The monoisotopic (exact) mass is 572 g/mol. The van der Waals surface area contributed by atoms with Crippen LogP contribution < -0.4 is 0 Å². The molecule has 10 aromatic rings. The number of aromatic nitrogens is 3. The molecule has 0 saturated carbocycles. The third-order valence-electron chi connectivity index (χ3n) is 8.29. The molecule has 6 aromatic carbocycles. The van der Waals surface area contributed by atoms with Crippen molar-refractivity contribution >= 4 is 86.2 Å². The largest absolute Gasteiger partial charge is 0.452 e. The van der Waals surface area contributed by atoms with Crippen LogP contribution in [0, 0.1) is 0 Å². The van der Waals surface area contributed by atoms with Crippen molar-refractivity contribution in [3.8, 4) is 17.2 Å². The van der Waals surface area contributed by atoms with Crippen LogP contribution in [-0.4, -0.2) is 14.5 Å². The van der Waals surface area contributed by atoms with Crippen LogP contribution >= 0.6 is 11.3 Å². The number of thiophene rings is 1. The molecule has 0 spiro atoms. The number of fused-ring (bicyclic) bond motifs is 13. The number of furan rings is 1. The highest BCUT2D eigenvalue weighted by atomic mass is 32.1. The summed E-state index contributed by atoms with van der Waals surface area (Å²) in [5, 5.41) is 7.43. The Kier molecular flexibility index (Phi) is 3.72. The van der Waals surface area contributed by atoms with Gasteiger partial charge in [-0.05, 0) is 29.7 Å². The van der Waals surface area contributed by atoms with Gasteiger partial charge in [-0.2, -0.15) is 0 Å². The highest BCUT2D eigenvalue weighted by Crippen LogP contribution is 2.48. The van der Waals surface area contributed by atoms with Crippen molar-refractivity contribution in [1.29, 1.82) is 0 Å². The van der Waals surface area contributed by atoms with Crippen molar-refractivity contribution in [3.63, 3.8) is 0 Å². The normalized spacial score (nSPS) is 13.8. The van der Waals surface area contributed by atoms with Gasteiger partial charge in [0.1, 0.15) is 16.8 Å². The lowest BCUT2D eigenvalue weighted by molar-refractivity contribution is 0.666. The summed E-state index contributed by atoms with van der Waals surface area (Å²) in [5.41, 5.74) is 3.25. The van der Waals surface area contributed by atoms with Gasteiger partial charge < -0.3 is 4.42 Å². The molecule has 0 aliphatic heterocycles. The Bertz CT molecular complexity index is 3000. The Balaban J connectivity index is 1.45. The van der Waals surface area contributed by atoms with E-state index in [1.165, 1.54) is 20.2 Å². The minimum atomic E-state index is -0.468. The highest BCUT2D eigenvalue weighted by molar-refractivity contribution is 7.27. The molecule has 0 fully saturated rings. The van der Waals surface area contributed by atoms with E-state index in [0.717, 1.165) is 38.0 Å². The average molecular weight is 573 g/mol. The molecular formula is C38H21N3OS. The van der Waals surface area contributed by atoms with Crippen LogP contribution in [0.1, 0.15) is 6.85 Å². The first-order valence-electron chi connectivity index (χ1n) is 16.4. The molecule has 4 aromatic heterocycles. The molecule has 0 atom stereocenters. The van der Waals surface area contributed by atoms with Gasteiger partial charge >= 0.3 is 0 Å². The molecule has 0 N–H and O–H groups in total. The van der Waals surface area contributed by atoms with E-state index in [4.69, 9.17) is 21.2 Å². The summed E-state index contributed by atoms with van der Waals surface area (Å²) < 4.78 is 53.5. The van der Waals surface area contributed by atoms with Crippen molar-refractivity contribution < 1.29 is 11.3 Å². The summed E-state index contributed by atoms with van der Waals surface area (Å²) in [6.45, 7) is 0. The van der Waals surface area contributed by atoms with Gasteiger partial charge in [-0.3, -0.25) is 4.57 Å². The highest BCUT2D eigenvalue weighted by Gasteiger charge is 2.24. The van der Waals surface area contributed by atoms with Crippen LogP contribution in [0.4, 0.5) is 0 Å². The van der Waals surface area contributed by atoms with Gasteiger partial charge in [-0.15, -0.1) is 11.3 Å². The third kappa shape index (κ3) is 3.09. The molecule has 200 valence electrons. The summed E-state index contributed by atoms with van der Waals surface area (Å²) >= 11 is 1.77. The molecule has 10 rings (SSSR count). The first kappa shape index (κ1) is 18.8. The number of benzene rings is 6. The average Bonchev–Trinajstić information content (AvgIpc) is 3.80. The minimum Gasteiger partial charge on any atom is -0.452 e. The number of hydrogen-bond acceptors (Lipinski definition) is 4. The van der Waals surface area contributed by atoms with E-state index in [-0.39, 0.29) is 28.9 Å². The van der Waals surface area contributed by atoms with Crippen LogP contribution in [0.3, 0.4) is 0 Å². The Hall–Kier alpha value is -5.52. The summed E-state index contributed by atoms with van der Waals surface area (Å²) in [6.07, 6.45) is 0. The molecule has 5 heteroatoms.